The summed E-state index contributed by atoms with van der Waals surface area (Å²) in [7, 11) is -1.33. The minimum absolute atomic E-state index is 0. The summed E-state index contributed by atoms with van der Waals surface area (Å²) in [6.45, 7) is 0. The second kappa shape index (κ2) is 11.4. The van der Waals surface area contributed by atoms with Gasteiger partial charge in [-0.3, -0.25) is 14.1 Å². The Morgan fingerprint density at radius 2 is 1.86 bits per heavy atom. The van der Waals surface area contributed by atoms with E-state index in [1.807, 2.05) is 0 Å². The van der Waals surface area contributed by atoms with Crippen LogP contribution in [0.5, 0.6) is 11.5 Å². The predicted molar refractivity (Wildman–Crippen MR) is 135 cm³/mol. The van der Waals surface area contributed by atoms with Crippen LogP contribution in [0.4, 0.5) is 21.6 Å². The van der Waals surface area contributed by atoms with Crippen LogP contribution >= 0.6 is 11.6 Å². The molecule has 0 aliphatic heterocycles. The van der Waals surface area contributed by atoms with E-state index in [1.165, 1.54) is 44.4 Å². The van der Waals surface area contributed by atoms with Gasteiger partial charge in [-0.25, -0.2) is 9.11 Å². The van der Waals surface area contributed by atoms with E-state index in [4.69, 9.17) is 22.1 Å². The number of nitrogens with one attached hydrogen (secondary N) is 4. The standard InChI is InChI=1S/C23H23ClFN5O5S.Na/c1-27-36(33,34)29-16-4-3-5-17(21(16)24)35-18-11-19(31)30(2)23(20(18)22(26)32)28-15-9-8-13(10-14(15)25)12-6-7-12;/h3-5,8-12,27,29H,6-7H2,1-2H3,(H3,26,28,31,32);/q;+1/p-1. The van der Waals surface area contributed by atoms with E-state index in [0.717, 1.165) is 29.0 Å². The van der Waals surface area contributed by atoms with Gasteiger partial charge in [0, 0.05) is 20.2 Å². The molecule has 1 amide bonds. The number of ether oxygens (including phenoxy) is 1. The van der Waals surface area contributed by atoms with E-state index in [0.29, 0.717) is 5.92 Å². The van der Waals surface area contributed by atoms with Crippen LogP contribution in [0, 0.1) is 5.82 Å². The van der Waals surface area contributed by atoms with Crippen LogP contribution in [0.25, 0.3) is 5.73 Å². The van der Waals surface area contributed by atoms with Gasteiger partial charge in [0.2, 0.25) is 0 Å². The fourth-order valence-corrected chi connectivity index (χ4v) is 4.37. The Bertz CT molecular complexity index is 1530. The molecule has 0 spiro atoms. The summed E-state index contributed by atoms with van der Waals surface area (Å²) in [6, 6.07) is 9.87. The van der Waals surface area contributed by atoms with Gasteiger partial charge in [-0.1, -0.05) is 23.7 Å². The number of anilines is 3. The van der Waals surface area contributed by atoms with Gasteiger partial charge in [0.05, 0.1) is 22.8 Å². The van der Waals surface area contributed by atoms with Crippen molar-refractivity contribution in [1.82, 2.24) is 9.29 Å². The zero-order valence-corrected chi connectivity index (χ0v) is 23.8. The molecule has 0 bridgehead atoms. The van der Waals surface area contributed by atoms with E-state index in [9.17, 15) is 22.4 Å². The molecule has 1 saturated carbocycles. The predicted octanol–water partition coefficient (Wildman–Crippen LogP) is 1.66. The molecule has 190 valence electrons. The Morgan fingerprint density at radius 1 is 1.16 bits per heavy atom. The van der Waals surface area contributed by atoms with Gasteiger partial charge in [-0.05, 0) is 48.6 Å². The number of nitrogens with zero attached hydrogens (tertiary/aromatic N) is 1. The number of amides is 1. The molecule has 0 atom stereocenters. The normalized spacial score (nSPS) is 13.0. The van der Waals surface area contributed by atoms with Crippen LogP contribution in [-0.2, 0) is 17.3 Å². The van der Waals surface area contributed by atoms with Crippen molar-refractivity contribution in [2.24, 2.45) is 7.05 Å². The van der Waals surface area contributed by atoms with Gasteiger partial charge in [0.1, 0.15) is 28.2 Å². The number of carbonyl (C=O) groups is 1. The first-order valence-electron chi connectivity index (χ1n) is 10.7. The van der Waals surface area contributed by atoms with Crippen molar-refractivity contribution in [3.8, 4) is 11.5 Å². The zero-order chi connectivity index (χ0) is 26.2. The van der Waals surface area contributed by atoms with Crippen LogP contribution in [0.2, 0.25) is 5.02 Å². The molecule has 0 radical (unpaired) electrons. The summed E-state index contributed by atoms with van der Waals surface area (Å²) in [5, 5.41) is 2.59. The van der Waals surface area contributed by atoms with Crippen LogP contribution in [0.3, 0.4) is 0 Å². The summed E-state index contributed by atoms with van der Waals surface area (Å²) >= 11 is 6.30. The molecule has 1 aliphatic rings. The molecule has 4 N–H and O–H groups in total. The second-order valence-electron chi connectivity index (χ2n) is 8.13. The van der Waals surface area contributed by atoms with Crippen LogP contribution in [-0.4, -0.2) is 25.9 Å². The van der Waals surface area contributed by atoms with Crippen molar-refractivity contribution in [2.45, 2.75) is 18.8 Å². The van der Waals surface area contributed by atoms with E-state index >= 15 is 0 Å². The zero-order valence-electron chi connectivity index (χ0n) is 20.2. The number of halogens is 2. The van der Waals surface area contributed by atoms with Crippen molar-refractivity contribution in [1.29, 1.82) is 0 Å². The van der Waals surface area contributed by atoms with Crippen molar-refractivity contribution < 1.29 is 51.9 Å². The maximum Gasteiger partial charge on any atom is 1.00 e. The van der Waals surface area contributed by atoms with Gasteiger partial charge < -0.3 is 20.6 Å². The molecule has 1 fully saturated rings. The summed E-state index contributed by atoms with van der Waals surface area (Å²) in [5.74, 6) is -2.01. The minimum atomic E-state index is -3.89. The average molecular weight is 558 g/mol. The van der Waals surface area contributed by atoms with Crippen molar-refractivity contribution >= 4 is 44.9 Å². The molecular formula is C23H22ClFN5NaO5S. The Labute approximate surface area is 239 Å². The van der Waals surface area contributed by atoms with E-state index < -0.39 is 27.5 Å². The molecule has 4 rings (SSSR count). The van der Waals surface area contributed by atoms with Gasteiger partial charge in [-0.2, -0.15) is 8.42 Å². The number of aromatic nitrogens is 1. The maximum atomic E-state index is 14.8. The second-order valence-corrected chi connectivity index (χ2v) is 10.1. The van der Waals surface area contributed by atoms with Gasteiger partial charge >= 0.3 is 29.6 Å². The Kier molecular flexibility index (Phi) is 8.93. The van der Waals surface area contributed by atoms with Crippen LogP contribution in [0.1, 0.15) is 34.7 Å². The smallest absolute Gasteiger partial charge is 0.663 e. The first kappa shape index (κ1) is 29.0. The largest absolute Gasteiger partial charge is 1.00 e. The van der Waals surface area contributed by atoms with E-state index in [1.54, 1.807) is 6.07 Å². The maximum absolute atomic E-state index is 14.8. The molecule has 10 nitrogen and oxygen atoms in total. The van der Waals surface area contributed by atoms with Crippen molar-refractivity contribution in [3.63, 3.8) is 0 Å². The molecule has 1 aliphatic carbocycles. The van der Waals surface area contributed by atoms with Gasteiger partial charge in [0.25, 0.3) is 15.8 Å². The number of hydrogen-bond acceptors (Lipinski definition) is 6. The number of rotatable bonds is 9. The average Bonchev–Trinajstić information content (AvgIpc) is 3.66. The quantitative estimate of drug-likeness (QED) is 0.342. The third-order valence-electron chi connectivity index (χ3n) is 5.62. The third-order valence-corrected chi connectivity index (χ3v) is 7.04. The third kappa shape index (κ3) is 6.46. The van der Waals surface area contributed by atoms with Crippen LogP contribution < -0.4 is 54.6 Å². The monoisotopic (exact) mass is 557 g/mol. The van der Waals surface area contributed by atoms with Gasteiger partial charge in [-0.15, -0.1) is 0 Å². The van der Waals surface area contributed by atoms with E-state index in [2.05, 4.69) is 14.8 Å². The van der Waals surface area contributed by atoms with Crippen molar-refractivity contribution in [3.05, 3.63) is 80.5 Å². The SMILES string of the molecule is CNS(=O)(=O)Nc1cccc(Oc2cc(=O)n(C)c(Nc3ccc(C4CC4)cc3F)c2C([NH-])=O)c1Cl.[Na+]. The summed E-state index contributed by atoms with van der Waals surface area (Å²) in [4.78, 5) is 25.0. The molecule has 3 aromatic rings. The fourth-order valence-electron chi connectivity index (χ4n) is 3.54. The van der Waals surface area contributed by atoms with E-state index in [-0.39, 0.29) is 68.8 Å². The Morgan fingerprint density at radius 3 is 2.46 bits per heavy atom. The molecule has 0 unspecified atom stereocenters. The van der Waals surface area contributed by atoms with Crippen molar-refractivity contribution in [2.75, 3.05) is 17.1 Å². The molecule has 1 heterocycles. The molecule has 0 saturated heterocycles. The number of benzene rings is 2. The first-order chi connectivity index (χ1) is 17.0. The molecule has 2 aromatic carbocycles. The fraction of sp³-hybridized carbons (Fsp3) is 0.217. The summed E-state index contributed by atoms with van der Waals surface area (Å²) in [6.07, 6.45) is 2.00. The molecule has 14 heteroatoms. The number of hydrogen-bond donors (Lipinski definition) is 3. The van der Waals surface area contributed by atoms with Crippen LogP contribution in [0.15, 0.2) is 47.3 Å². The summed E-state index contributed by atoms with van der Waals surface area (Å²) in [5.41, 5.74) is 7.68. The number of carbonyl (C=O) groups excluding carboxylic acids is 1. The van der Waals surface area contributed by atoms with Gasteiger partial charge in [0.15, 0.2) is 0 Å². The Hall–Kier alpha value is -2.61. The topological polar surface area (TPSA) is 142 Å². The minimum Gasteiger partial charge on any atom is -0.663 e. The summed E-state index contributed by atoms with van der Waals surface area (Å²) < 4.78 is 49.6. The molecule has 1 aromatic heterocycles. The first-order valence-corrected chi connectivity index (χ1v) is 12.6. The Balaban J connectivity index is 0.00000380. The molecular weight excluding hydrogens is 536 g/mol. The molecule has 37 heavy (non-hydrogen) atoms. The number of pyridine rings is 1.